The van der Waals surface area contributed by atoms with Gasteiger partial charge in [-0.3, -0.25) is 0 Å². The van der Waals surface area contributed by atoms with E-state index >= 15 is 0 Å². The second-order valence-corrected chi connectivity index (χ2v) is 38.3. The van der Waals surface area contributed by atoms with Gasteiger partial charge in [-0.25, -0.2) is 0 Å². The summed E-state index contributed by atoms with van der Waals surface area (Å²) in [5.41, 5.74) is 62.7. The third-order valence-corrected chi connectivity index (χ3v) is 28.6. The molecular formula is C132H152. The minimum atomic E-state index is 1.27. The Bertz CT molecular complexity index is 6480. The lowest BCUT2D eigenvalue weighted by Gasteiger charge is -2.12. The number of hydrogen-bond acceptors (Lipinski definition) is 0. The van der Waals surface area contributed by atoms with Gasteiger partial charge in [0.1, 0.15) is 0 Å². The molecule has 132 heavy (non-hydrogen) atoms. The summed E-state index contributed by atoms with van der Waals surface area (Å²) >= 11 is 0. The molecular weight excluding hydrogens is 1590 g/mol. The molecule has 0 amide bonds. The SMILES string of the molecule is Cc1cc(C)c(C)cc1C.Cc1cc2cc(C)c(C)cc2cc1C.Cc1ccc(-c2ccc(-c3ccc(C)c(C)c3)cc2)cc1C.Cc1ccc(-c2ccc(C)c(C)c2)cc1C.Cc1ccc(-c2cccc(C)c2C)cc1C.Cc1ccc(C)c(C)c1C.Cc1ccc(C)c2c(C)ccc(C)c12.Cc1ccc2c(C)c(C)ccc2c1C.Cc1cccc(-c2cccc(C)c2C)c1C. The Hall–Kier alpha value is -12.5. The zero-order valence-electron chi connectivity index (χ0n) is 87.4. The van der Waals surface area contributed by atoms with Crippen LogP contribution in [-0.4, -0.2) is 0 Å². The molecule has 17 aromatic carbocycles. The number of benzene rings is 17. The van der Waals surface area contributed by atoms with E-state index in [1.54, 1.807) is 0 Å². The lowest BCUT2D eigenvalue weighted by Crippen LogP contribution is -1.91. The molecule has 0 aliphatic carbocycles. The van der Waals surface area contributed by atoms with Gasteiger partial charge in [-0.1, -0.05) is 267 Å². The van der Waals surface area contributed by atoms with Crippen LogP contribution >= 0.6 is 0 Å². The summed E-state index contributed by atoms with van der Waals surface area (Å²) in [6.45, 7) is 78.2. The molecule has 0 saturated carbocycles. The summed E-state index contributed by atoms with van der Waals surface area (Å²) in [6, 6.07) is 97.4. The highest BCUT2D eigenvalue weighted by Gasteiger charge is 2.13. The summed E-state index contributed by atoms with van der Waals surface area (Å²) in [6.07, 6.45) is 0. The molecule has 0 spiro atoms. The van der Waals surface area contributed by atoms with E-state index in [0.29, 0.717) is 0 Å². The zero-order valence-corrected chi connectivity index (χ0v) is 87.4. The van der Waals surface area contributed by atoms with Crippen molar-refractivity contribution in [3.63, 3.8) is 0 Å². The van der Waals surface area contributed by atoms with Gasteiger partial charge in [0.25, 0.3) is 0 Å². The molecule has 0 saturated heterocycles. The van der Waals surface area contributed by atoms with Crippen molar-refractivity contribution in [2.75, 3.05) is 0 Å². The van der Waals surface area contributed by atoms with Gasteiger partial charge in [0, 0.05) is 0 Å². The van der Waals surface area contributed by atoms with E-state index in [9.17, 15) is 0 Å². The quantitative estimate of drug-likeness (QED) is 0.161. The normalized spacial score (nSPS) is 10.6. The van der Waals surface area contributed by atoms with Gasteiger partial charge in [0.05, 0.1) is 0 Å². The summed E-state index contributed by atoms with van der Waals surface area (Å²) in [5, 5.41) is 8.38. The largest absolute Gasteiger partial charge is 0.0614 e. The van der Waals surface area contributed by atoms with E-state index in [0.717, 1.165) is 0 Å². The van der Waals surface area contributed by atoms with E-state index in [1.165, 1.54) is 288 Å². The van der Waals surface area contributed by atoms with Crippen LogP contribution in [0.1, 0.15) is 200 Å². The van der Waals surface area contributed by atoms with Crippen LogP contribution < -0.4 is 0 Å². The summed E-state index contributed by atoms with van der Waals surface area (Å²) < 4.78 is 0. The molecule has 0 unspecified atom stereocenters. The topological polar surface area (TPSA) is 0 Å². The smallest absolute Gasteiger partial charge is 0.0120 e. The Morgan fingerprint density at radius 1 is 0.106 bits per heavy atom. The first-order valence-corrected chi connectivity index (χ1v) is 47.5. The van der Waals surface area contributed by atoms with Crippen LogP contribution in [0.5, 0.6) is 0 Å². The molecule has 0 atom stereocenters. The Kier molecular flexibility index (Phi) is 36.4. The maximum absolute atomic E-state index is 2.27. The van der Waals surface area contributed by atoms with Crippen molar-refractivity contribution < 1.29 is 0 Å². The van der Waals surface area contributed by atoms with Crippen LogP contribution in [0.15, 0.2) is 267 Å². The molecule has 0 bridgehead atoms. The lowest BCUT2D eigenvalue weighted by atomic mass is 9.92. The summed E-state index contributed by atoms with van der Waals surface area (Å²) in [5.74, 6) is 0. The van der Waals surface area contributed by atoms with E-state index in [2.05, 4.69) is 516 Å². The van der Waals surface area contributed by atoms with Crippen LogP contribution in [0.4, 0.5) is 0 Å². The monoisotopic (exact) mass is 1740 g/mol. The first-order valence-electron chi connectivity index (χ1n) is 47.5. The van der Waals surface area contributed by atoms with Crippen molar-refractivity contribution in [1.82, 2.24) is 0 Å². The fraction of sp³-hybridized carbons (Fsp3) is 0.273. The second-order valence-electron chi connectivity index (χ2n) is 38.3. The summed E-state index contributed by atoms with van der Waals surface area (Å²) in [4.78, 5) is 0. The molecule has 0 aliphatic rings. The van der Waals surface area contributed by atoms with Gasteiger partial charge in [0.15, 0.2) is 0 Å². The van der Waals surface area contributed by atoms with Crippen LogP contribution in [0.2, 0.25) is 0 Å². The van der Waals surface area contributed by atoms with Crippen molar-refractivity contribution in [1.29, 1.82) is 0 Å². The fourth-order valence-corrected chi connectivity index (χ4v) is 16.8. The van der Waals surface area contributed by atoms with Gasteiger partial charge >= 0.3 is 0 Å². The third-order valence-electron chi connectivity index (χ3n) is 28.6. The minimum absolute atomic E-state index is 1.27. The molecule has 17 aromatic rings. The van der Waals surface area contributed by atoms with Gasteiger partial charge in [-0.05, 0) is 537 Å². The number of rotatable bonds is 5. The molecule has 0 fully saturated rings. The van der Waals surface area contributed by atoms with Gasteiger partial charge in [0.2, 0.25) is 0 Å². The summed E-state index contributed by atoms with van der Waals surface area (Å²) in [7, 11) is 0. The molecule has 0 radical (unpaired) electrons. The lowest BCUT2D eigenvalue weighted by molar-refractivity contribution is 1.22. The number of hydrogen-bond donors (Lipinski definition) is 0. The van der Waals surface area contributed by atoms with Gasteiger partial charge in [-0.2, -0.15) is 0 Å². The average Bonchev–Trinajstić information content (AvgIpc) is 0.783. The molecule has 17 rings (SSSR count). The molecule has 0 heteroatoms. The standard InChI is InChI=1S/C22H22.3C16H18.3C14H16.2C10H14/c1-15-5-7-21(13-17(15)3)19-9-11-20(12-10-19)22-8-6-16(2)18(4)14-22;1-11-5-7-15(9-13(11)3)16-8-6-12(2)14(4)10-16;1-11-7-5-9-15(13(11)3)16-10-6-8-12(2)14(16)4;1-11-8-9-15(10-13(11)3)16-7-5-6-12(2)14(16)4;1-9-5-13-7-11(3)12(4)8-14(13)6-10(9)2;1-9-5-7-14-12(4)10(2)6-8-13(14)11(9)3;1-9-5-6-11(3)14-12(4)8-7-10(2)13(9)14;1-7-5-9(3)10(4)6-8(7)2;1-7-5-6-8(2)10(4)9(7)3/h5-14H,1-4H3;3*5-10H,1-4H3;3*5-8H,1-4H3;2*5-6H,1-4H3. The van der Waals surface area contributed by atoms with Crippen LogP contribution in [0.3, 0.4) is 0 Å². The van der Waals surface area contributed by atoms with Gasteiger partial charge < -0.3 is 0 Å². The Morgan fingerprint density at radius 3 is 0.561 bits per heavy atom. The van der Waals surface area contributed by atoms with Crippen molar-refractivity contribution in [2.24, 2.45) is 0 Å². The van der Waals surface area contributed by atoms with Gasteiger partial charge in [-0.15, -0.1) is 0 Å². The molecule has 0 aliphatic heterocycles. The van der Waals surface area contributed by atoms with E-state index in [4.69, 9.17) is 0 Å². The highest BCUT2D eigenvalue weighted by atomic mass is 14.2. The molecule has 0 heterocycles. The molecule has 0 nitrogen and oxygen atoms in total. The average molecular weight is 1740 g/mol. The minimum Gasteiger partial charge on any atom is -0.0614 e. The van der Waals surface area contributed by atoms with Crippen molar-refractivity contribution in [2.45, 2.75) is 249 Å². The van der Waals surface area contributed by atoms with E-state index in [1.807, 2.05) is 0 Å². The first-order chi connectivity index (χ1) is 62.3. The molecule has 0 N–H and O–H groups in total. The van der Waals surface area contributed by atoms with Crippen molar-refractivity contribution in [3.8, 4) is 55.6 Å². The Labute approximate surface area is 798 Å². The highest BCUT2D eigenvalue weighted by Crippen LogP contribution is 2.35. The first kappa shape index (κ1) is 103. The fourth-order valence-electron chi connectivity index (χ4n) is 16.8. The number of fused-ring (bicyclic) bond motifs is 3. The van der Waals surface area contributed by atoms with Crippen LogP contribution in [0, 0.1) is 249 Å². The zero-order chi connectivity index (χ0) is 97.1. The molecule has 0 aromatic heterocycles. The van der Waals surface area contributed by atoms with E-state index < -0.39 is 0 Å². The third kappa shape index (κ3) is 26.5. The predicted molar refractivity (Wildman–Crippen MR) is 588 cm³/mol. The maximum Gasteiger partial charge on any atom is -0.0120 e. The van der Waals surface area contributed by atoms with Crippen LogP contribution in [0.25, 0.3) is 88.0 Å². The Balaban J connectivity index is 0.000000168. The van der Waals surface area contributed by atoms with Crippen molar-refractivity contribution >= 4 is 32.3 Å². The van der Waals surface area contributed by atoms with Crippen molar-refractivity contribution in [3.05, 3.63) is 467 Å². The predicted octanol–water partition coefficient (Wildman–Crippen LogP) is 38.1. The molecule has 680 valence electrons. The Morgan fingerprint density at radius 2 is 0.288 bits per heavy atom. The van der Waals surface area contributed by atoms with E-state index in [-0.39, 0.29) is 0 Å². The highest BCUT2D eigenvalue weighted by molar-refractivity contribution is 5.94. The number of aryl methyl sites for hydroxylation is 31. The second kappa shape index (κ2) is 46.6. The van der Waals surface area contributed by atoms with Crippen LogP contribution in [-0.2, 0) is 0 Å². The maximum atomic E-state index is 2.27.